The summed E-state index contributed by atoms with van der Waals surface area (Å²) in [6.07, 6.45) is 4.22. The Bertz CT molecular complexity index is 794. The third-order valence-electron chi connectivity index (χ3n) is 3.22. The molecule has 0 aliphatic rings. The number of rotatable bonds is 3. The van der Waals surface area contributed by atoms with Gasteiger partial charge >= 0.3 is 0 Å². The monoisotopic (exact) mass is 341 g/mol. The number of carbonyl (C=O) groups excluding carboxylic acids is 1. The van der Waals surface area contributed by atoms with Crippen molar-refractivity contribution < 1.29 is 4.79 Å². The molecule has 0 aliphatic carbocycles. The Morgan fingerprint density at radius 2 is 2.00 bits per heavy atom. The number of pyridine rings is 1. The highest BCUT2D eigenvalue weighted by Gasteiger charge is 2.13. The van der Waals surface area contributed by atoms with Crippen molar-refractivity contribution in [1.29, 1.82) is 0 Å². The van der Waals surface area contributed by atoms with E-state index in [-0.39, 0.29) is 0 Å². The van der Waals surface area contributed by atoms with Gasteiger partial charge in [-0.05, 0) is 40.5 Å². The molecular weight excluding hydrogens is 330 g/mol. The molecule has 3 rings (SSSR count). The zero-order valence-corrected chi connectivity index (χ0v) is 12.9. The predicted molar refractivity (Wildman–Crippen MR) is 84.6 cm³/mol. The van der Waals surface area contributed by atoms with Gasteiger partial charge in [-0.1, -0.05) is 24.3 Å². The van der Waals surface area contributed by atoms with E-state index >= 15 is 0 Å². The van der Waals surface area contributed by atoms with E-state index in [1.165, 1.54) is 0 Å². The van der Waals surface area contributed by atoms with E-state index in [1.807, 2.05) is 43.3 Å². The number of halogens is 1. The summed E-state index contributed by atoms with van der Waals surface area (Å²) in [7, 11) is 0. The van der Waals surface area contributed by atoms with Gasteiger partial charge in [0.05, 0.1) is 5.56 Å². The molecule has 0 bridgehead atoms. The molecular formula is C16H12BrN3O. The van der Waals surface area contributed by atoms with Crippen LogP contribution in [0.5, 0.6) is 0 Å². The molecule has 104 valence electrons. The summed E-state index contributed by atoms with van der Waals surface area (Å²) in [6, 6.07) is 11.6. The quantitative estimate of drug-likeness (QED) is 0.680. The van der Waals surface area contributed by atoms with Crippen LogP contribution >= 0.6 is 15.9 Å². The number of aryl methyl sites for hydroxylation is 1. The first kappa shape index (κ1) is 13.7. The molecule has 0 aliphatic heterocycles. The normalized spacial score (nSPS) is 10.6. The predicted octanol–water partition coefficient (Wildman–Crippen LogP) is 3.82. The molecule has 0 fully saturated rings. The Labute approximate surface area is 130 Å². The van der Waals surface area contributed by atoms with E-state index in [0.717, 1.165) is 21.9 Å². The number of hydrogen-bond donors (Lipinski definition) is 0. The third-order valence-corrected chi connectivity index (χ3v) is 3.69. The first-order valence-corrected chi connectivity index (χ1v) is 7.21. The van der Waals surface area contributed by atoms with Gasteiger partial charge in [0, 0.05) is 22.4 Å². The molecule has 3 aromatic rings. The van der Waals surface area contributed by atoms with Gasteiger partial charge in [-0.3, -0.25) is 4.79 Å². The molecule has 4 nitrogen and oxygen atoms in total. The molecule has 0 saturated heterocycles. The van der Waals surface area contributed by atoms with Gasteiger partial charge in [0.25, 0.3) is 0 Å². The molecule has 0 radical (unpaired) electrons. The zero-order valence-electron chi connectivity index (χ0n) is 11.3. The smallest absolute Gasteiger partial charge is 0.153 e. The van der Waals surface area contributed by atoms with Gasteiger partial charge in [0.1, 0.15) is 5.69 Å². The van der Waals surface area contributed by atoms with Gasteiger partial charge < -0.3 is 0 Å². The van der Waals surface area contributed by atoms with Crippen LogP contribution in [0.4, 0.5) is 0 Å². The van der Waals surface area contributed by atoms with Crippen molar-refractivity contribution in [3.05, 3.63) is 64.4 Å². The topological polar surface area (TPSA) is 47.8 Å². The summed E-state index contributed by atoms with van der Waals surface area (Å²) in [4.78, 5) is 15.6. The van der Waals surface area contributed by atoms with Gasteiger partial charge in [0.15, 0.2) is 12.1 Å². The molecule has 0 saturated carbocycles. The number of nitrogens with zero attached hydrogens (tertiary/aromatic N) is 3. The van der Waals surface area contributed by atoms with E-state index in [1.54, 1.807) is 17.1 Å². The van der Waals surface area contributed by atoms with Crippen molar-refractivity contribution in [2.24, 2.45) is 0 Å². The fraction of sp³-hybridized carbons (Fsp3) is 0.0625. The van der Waals surface area contributed by atoms with E-state index in [2.05, 4.69) is 26.0 Å². The molecule has 0 amide bonds. The summed E-state index contributed by atoms with van der Waals surface area (Å²) in [5.41, 5.74) is 3.26. The molecule has 0 N–H and O–H groups in total. The van der Waals surface area contributed by atoms with E-state index in [9.17, 15) is 4.79 Å². The van der Waals surface area contributed by atoms with Crippen LogP contribution in [0.25, 0.3) is 17.1 Å². The van der Waals surface area contributed by atoms with Crippen molar-refractivity contribution >= 4 is 22.2 Å². The minimum Gasteiger partial charge on any atom is -0.298 e. The summed E-state index contributed by atoms with van der Waals surface area (Å²) in [5, 5.41) is 4.52. The van der Waals surface area contributed by atoms with Crippen molar-refractivity contribution in [3.63, 3.8) is 0 Å². The van der Waals surface area contributed by atoms with E-state index in [4.69, 9.17) is 0 Å². The average molecular weight is 342 g/mol. The number of carbonyl (C=O) groups is 1. The molecule has 21 heavy (non-hydrogen) atoms. The maximum Gasteiger partial charge on any atom is 0.153 e. The molecule has 2 aromatic heterocycles. The Morgan fingerprint density at radius 3 is 2.67 bits per heavy atom. The van der Waals surface area contributed by atoms with Crippen LogP contribution in [0.2, 0.25) is 0 Å². The highest BCUT2D eigenvalue weighted by molar-refractivity contribution is 9.10. The highest BCUT2D eigenvalue weighted by Crippen LogP contribution is 2.25. The number of aldehydes is 1. The van der Waals surface area contributed by atoms with Crippen LogP contribution in [0.15, 0.2) is 53.3 Å². The lowest BCUT2D eigenvalue weighted by Gasteiger charge is -2.03. The first-order chi connectivity index (χ1) is 10.2. The number of aromatic nitrogens is 3. The summed E-state index contributed by atoms with van der Waals surface area (Å²) >= 11 is 3.35. The highest BCUT2D eigenvalue weighted by atomic mass is 79.9. The molecule has 5 heteroatoms. The van der Waals surface area contributed by atoms with Gasteiger partial charge in [0.2, 0.25) is 0 Å². The van der Waals surface area contributed by atoms with Crippen LogP contribution in [-0.4, -0.2) is 21.1 Å². The van der Waals surface area contributed by atoms with Crippen LogP contribution in [0.3, 0.4) is 0 Å². The summed E-state index contributed by atoms with van der Waals surface area (Å²) in [5.74, 6) is 0.668. The van der Waals surface area contributed by atoms with Gasteiger partial charge in [-0.2, -0.15) is 5.10 Å². The van der Waals surface area contributed by atoms with Gasteiger partial charge in [-0.25, -0.2) is 9.67 Å². The average Bonchev–Trinajstić information content (AvgIpc) is 2.92. The van der Waals surface area contributed by atoms with E-state index in [0.29, 0.717) is 17.1 Å². The first-order valence-electron chi connectivity index (χ1n) is 6.42. The lowest BCUT2D eigenvalue weighted by atomic mass is 10.0. The Balaban J connectivity index is 2.13. The largest absolute Gasteiger partial charge is 0.298 e. The molecule has 0 atom stereocenters. The molecule has 0 unspecified atom stereocenters. The second kappa shape index (κ2) is 5.61. The van der Waals surface area contributed by atoms with Crippen molar-refractivity contribution in [2.75, 3.05) is 0 Å². The van der Waals surface area contributed by atoms with Crippen molar-refractivity contribution in [1.82, 2.24) is 14.8 Å². The zero-order chi connectivity index (χ0) is 14.8. The summed E-state index contributed by atoms with van der Waals surface area (Å²) < 4.78 is 2.52. The van der Waals surface area contributed by atoms with E-state index < -0.39 is 0 Å². The summed E-state index contributed by atoms with van der Waals surface area (Å²) in [6.45, 7) is 2.00. The lowest BCUT2D eigenvalue weighted by molar-refractivity contribution is 0.112. The van der Waals surface area contributed by atoms with Crippen LogP contribution < -0.4 is 0 Å². The van der Waals surface area contributed by atoms with Crippen LogP contribution in [-0.2, 0) is 0 Å². The van der Waals surface area contributed by atoms with Crippen LogP contribution in [0.1, 0.15) is 15.9 Å². The second-order valence-corrected chi connectivity index (χ2v) is 5.56. The SMILES string of the molecule is Cc1ccccc1-c1nn(-c2ccc(Br)cn2)cc1C=O. The number of benzene rings is 1. The Hall–Kier alpha value is -2.27. The fourth-order valence-corrected chi connectivity index (χ4v) is 2.38. The molecule has 0 spiro atoms. The molecule has 2 heterocycles. The second-order valence-electron chi connectivity index (χ2n) is 4.65. The van der Waals surface area contributed by atoms with Crippen LogP contribution in [0, 0.1) is 6.92 Å². The lowest BCUT2D eigenvalue weighted by Crippen LogP contribution is -1.97. The Kier molecular flexibility index (Phi) is 3.66. The minimum absolute atomic E-state index is 0.550. The Morgan fingerprint density at radius 1 is 1.19 bits per heavy atom. The number of hydrogen-bond acceptors (Lipinski definition) is 3. The third kappa shape index (κ3) is 2.64. The maximum atomic E-state index is 11.3. The molecule has 1 aromatic carbocycles. The van der Waals surface area contributed by atoms with Gasteiger partial charge in [-0.15, -0.1) is 0 Å². The van der Waals surface area contributed by atoms with Crippen molar-refractivity contribution in [3.8, 4) is 17.1 Å². The fourth-order valence-electron chi connectivity index (χ4n) is 2.14. The standard InChI is InChI=1S/C16H12BrN3O/c1-11-4-2-3-5-14(11)16-12(10-21)9-20(19-16)15-7-6-13(17)8-18-15/h2-10H,1H3. The van der Waals surface area contributed by atoms with Crippen molar-refractivity contribution in [2.45, 2.75) is 6.92 Å². The minimum atomic E-state index is 0.550. The maximum absolute atomic E-state index is 11.3.